The molecule has 0 spiro atoms. The third-order valence-electron chi connectivity index (χ3n) is 2.60. The first-order valence-electron chi connectivity index (χ1n) is 8.14. The average Bonchev–Trinajstić information content (AvgIpc) is 2.42. The minimum absolute atomic E-state index is 0.0615. The van der Waals surface area contributed by atoms with Gasteiger partial charge in [0.05, 0.1) is 19.0 Å². The lowest BCUT2D eigenvalue weighted by molar-refractivity contribution is -0.0854. The van der Waals surface area contributed by atoms with Gasteiger partial charge in [-0.05, 0) is 27.7 Å². The predicted molar refractivity (Wildman–Crippen MR) is 91.9 cm³/mol. The second-order valence-corrected chi connectivity index (χ2v) is 10.5. The van der Waals surface area contributed by atoms with E-state index in [0.29, 0.717) is 0 Å². The van der Waals surface area contributed by atoms with E-state index >= 15 is 0 Å². The van der Waals surface area contributed by atoms with E-state index < -0.39 is 19.0 Å². The largest absolute Gasteiger partial charge is 0.357 e. The van der Waals surface area contributed by atoms with Crippen LogP contribution in [0.4, 0.5) is 0 Å². The third-order valence-corrected chi connectivity index (χ3v) is 7.92. The quantitative estimate of drug-likeness (QED) is 0.405. The Morgan fingerprint density at radius 3 is 1.10 bits per heavy atom. The molecule has 20 heavy (non-hydrogen) atoms. The number of hydrogen-bond acceptors (Lipinski definition) is 4. The normalized spacial score (nSPS) is 13.7. The first kappa shape index (κ1) is 22.6. The van der Waals surface area contributed by atoms with Gasteiger partial charge >= 0.3 is 0 Å². The van der Waals surface area contributed by atoms with Crippen molar-refractivity contribution in [2.75, 3.05) is 26.4 Å². The molecule has 0 unspecified atom stereocenters. The molecule has 124 valence electrons. The van der Waals surface area contributed by atoms with Crippen LogP contribution in [0, 0.1) is 0 Å². The Morgan fingerprint density at radius 2 is 0.900 bits per heavy atom. The highest BCUT2D eigenvalue weighted by Crippen LogP contribution is 2.09. The molecule has 0 fully saturated rings. The van der Waals surface area contributed by atoms with Crippen molar-refractivity contribution in [1.82, 2.24) is 0 Å². The van der Waals surface area contributed by atoms with Crippen LogP contribution in [0.1, 0.15) is 48.5 Å². The summed E-state index contributed by atoms with van der Waals surface area (Å²) < 4.78 is 22.5. The van der Waals surface area contributed by atoms with Gasteiger partial charge in [-0.2, -0.15) is 0 Å². The fourth-order valence-electron chi connectivity index (χ4n) is 1.87. The minimum Gasteiger partial charge on any atom is -0.357 e. The van der Waals surface area contributed by atoms with E-state index in [4.69, 9.17) is 18.9 Å². The van der Waals surface area contributed by atoms with E-state index in [9.17, 15) is 0 Å². The molecule has 0 N–H and O–H groups in total. The van der Waals surface area contributed by atoms with Gasteiger partial charge in [0.1, 0.15) is 11.8 Å². The summed E-state index contributed by atoms with van der Waals surface area (Å²) in [5.74, 6) is 0.123. The van der Waals surface area contributed by atoms with E-state index in [1.165, 1.54) is 0 Å². The molecule has 4 nitrogen and oxygen atoms in total. The molecule has 6 heteroatoms. The minimum atomic E-state index is -0.392. The summed E-state index contributed by atoms with van der Waals surface area (Å²) in [5.41, 5.74) is 0. The van der Waals surface area contributed by atoms with Crippen molar-refractivity contribution in [3.8, 4) is 0 Å². The smallest absolute Gasteiger partial charge is 0.134 e. The van der Waals surface area contributed by atoms with Gasteiger partial charge in [0, 0.05) is 26.4 Å². The van der Waals surface area contributed by atoms with E-state index in [-0.39, 0.29) is 11.8 Å². The number of ether oxygens (including phenoxy) is 4. The molecule has 0 radical (unpaired) electrons. The monoisotopic (exact) mass is 324 g/mol. The van der Waals surface area contributed by atoms with Crippen LogP contribution in [0.15, 0.2) is 0 Å². The first-order valence-corrected chi connectivity index (χ1v) is 11.4. The van der Waals surface area contributed by atoms with Crippen LogP contribution >= 0.6 is 0 Å². The molecule has 0 aromatic carbocycles. The molecule has 0 heterocycles. The van der Waals surface area contributed by atoms with Gasteiger partial charge in [-0.25, -0.2) is 0 Å². The average molecular weight is 325 g/mol. The maximum Gasteiger partial charge on any atom is 0.134 e. The lowest BCUT2D eigenvalue weighted by atomic mass is 10.8. The second kappa shape index (κ2) is 17.3. The van der Waals surface area contributed by atoms with Gasteiger partial charge in [0.2, 0.25) is 0 Å². The molecular weight excluding hydrogens is 288 g/mol. The molecule has 0 aliphatic heterocycles. The van der Waals surface area contributed by atoms with Gasteiger partial charge in [-0.15, -0.1) is 0 Å². The fourth-order valence-corrected chi connectivity index (χ4v) is 7.07. The molecule has 0 aliphatic carbocycles. The van der Waals surface area contributed by atoms with E-state index in [0.717, 1.165) is 31.6 Å². The zero-order chi connectivity index (χ0) is 15.8. The van der Waals surface area contributed by atoms with Crippen molar-refractivity contribution < 1.29 is 18.9 Å². The Bertz CT molecular complexity index is 155. The van der Waals surface area contributed by atoms with Crippen molar-refractivity contribution in [1.29, 1.82) is 0 Å². The Balaban J connectivity index is 0. The summed E-state index contributed by atoms with van der Waals surface area (Å²) in [6.07, 6.45) is 0. The molecule has 0 bridgehead atoms. The summed E-state index contributed by atoms with van der Waals surface area (Å²) in [7, 11) is -0.784. The molecule has 0 atom stereocenters. The molecule has 0 aliphatic rings. The summed E-state index contributed by atoms with van der Waals surface area (Å²) >= 11 is 0. The molecule has 0 aromatic rings. The van der Waals surface area contributed by atoms with Crippen LogP contribution in [-0.4, -0.2) is 57.3 Å². The molecular formula is C14H36O4Si2. The Labute approximate surface area is 130 Å². The van der Waals surface area contributed by atoms with Gasteiger partial charge in [0.25, 0.3) is 0 Å². The zero-order valence-corrected chi connectivity index (χ0v) is 17.4. The topological polar surface area (TPSA) is 36.9 Å². The van der Waals surface area contributed by atoms with Crippen LogP contribution in [-0.2, 0) is 18.9 Å². The lowest BCUT2D eigenvalue weighted by Gasteiger charge is -2.23. The van der Waals surface area contributed by atoms with Gasteiger partial charge in [-0.1, -0.05) is 25.9 Å². The maximum atomic E-state index is 5.63. The van der Waals surface area contributed by atoms with Crippen molar-refractivity contribution >= 4 is 19.0 Å². The molecule has 0 saturated heterocycles. The fraction of sp³-hybridized carbons (Fsp3) is 1.00. The van der Waals surface area contributed by atoms with E-state index in [1.807, 2.05) is 41.5 Å². The second-order valence-electron chi connectivity index (χ2n) is 4.26. The van der Waals surface area contributed by atoms with Crippen molar-refractivity contribution in [3.63, 3.8) is 0 Å². The summed E-state index contributed by atoms with van der Waals surface area (Å²) in [6.45, 7) is 17.3. The van der Waals surface area contributed by atoms with Crippen molar-refractivity contribution in [3.05, 3.63) is 0 Å². The maximum absolute atomic E-state index is 5.63. The molecule has 0 aromatic heterocycles. The summed E-state index contributed by atoms with van der Waals surface area (Å²) in [4.78, 5) is 0. The SMILES string of the molecule is CC.CCOC(OCC)[SiH2]C(C)[SiH2]C(OCC)OCC. The standard InChI is InChI=1S/C12H30O4Si2.C2H6/c1-6-13-11(14-7-2)17-10(5)18-12(15-8-3)16-9-4;1-2/h10-12H,6-9,17-18H2,1-5H3;1-2H3. The molecule has 0 saturated carbocycles. The highest BCUT2D eigenvalue weighted by atomic mass is 28.3. The number of rotatable bonds is 12. The van der Waals surface area contributed by atoms with Crippen LogP contribution < -0.4 is 0 Å². The highest BCUT2D eigenvalue weighted by Gasteiger charge is 2.19. The third kappa shape index (κ3) is 13.3. The summed E-state index contributed by atoms with van der Waals surface area (Å²) in [6, 6.07) is 0. The van der Waals surface area contributed by atoms with Gasteiger partial charge in [-0.3, -0.25) is 0 Å². The van der Waals surface area contributed by atoms with Crippen LogP contribution in [0.3, 0.4) is 0 Å². The summed E-state index contributed by atoms with van der Waals surface area (Å²) in [5, 5.41) is 0.719. The predicted octanol–water partition coefficient (Wildman–Crippen LogP) is 1.83. The Kier molecular flexibility index (Phi) is 19.5. The zero-order valence-electron chi connectivity index (χ0n) is 14.6. The van der Waals surface area contributed by atoms with Crippen LogP contribution in [0.25, 0.3) is 0 Å². The Hall–Kier alpha value is 0.274. The van der Waals surface area contributed by atoms with E-state index in [1.54, 1.807) is 0 Å². The first-order chi connectivity index (χ1) is 9.67. The highest BCUT2D eigenvalue weighted by molar-refractivity contribution is 6.59. The number of hydrogen-bond donors (Lipinski definition) is 0. The van der Waals surface area contributed by atoms with Crippen molar-refractivity contribution in [2.24, 2.45) is 0 Å². The van der Waals surface area contributed by atoms with Crippen LogP contribution in [0.2, 0.25) is 5.16 Å². The van der Waals surface area contributed by atoms with Crippen LogP contribution in [0.5, 0.6) is 0 Å². The van der Waals surface area contributed by atoms with Crippen molar-refractivity contribution in [2.45, 2.75) is 65.5 Å². The van der Waals surface area contributed by atoms with Gasteiger partial charge in [0.15, 0.2) is 0 Å². The lowest BCUT2D eigenvalue weighted by Crippen LogP contribution is -2.34. The van der Waals surface area contributed by atoms with Gasteiger partial charge < -0.3 is 18.9 Å². The molecule has 0 amide bonds. The Morgan fingerprint density at radius 1 is 0.650 bits per heavy atom. The molecule has 0 rings (SSSR count). The van der Waals surface area contributed by atoms with E-state index in [2.05, 4.69) is 6.92 Å².